The molecule has 0 aliphatic carbocycles. The minimum atomic E-state index is -0.932. The van der Waals surface area contributed by atoms with Crippen molar-refractivity contribution in [3.63, 3.8) is 0 Å². The first-order chi connectivity index (χ1) is 6.99. The van der Waals surface area contributed by atoms with Crippen molar-refractivity contribution in [1.29, 1.82) is 0 Å². The first kappa shape index (κ1) is 12.2. The highest BCUT2D eigenvalue weighted by Gasteiger charge is 2.17. The van der Waals surface area contributed by atoms with Crippen molar-refractivity contribution >= 4 is 39.1 Å². The summed E-state index contributed by atoms with van der Waals surface area (Å²) in [5.41, 5.74) is 0. The maximum absolute atomic E-state index is 10.9. The van der Waals surface area contributed by atoms with Crippen molar-refractivity contribution in [1.82, 2.24) is 5.32 Å². The second-order valence-electron chi connectivity index (χ2n) is 2.99. The zero-order valence-electron chi connectivity index (χ0n) is 7.99. The highest BCUT2D eigenvalue weighted by molar-refractivity contribution is 9.11. The van der Waals surface area contributed by atoms with Gasteiger partial charge in [-0.15, -0.1) is 11.3 Å². The maximum Gasteiger partial charge on any atom is 0.305 e. The predicted octanol–water partition coefficient (Wildman–Crippen LogP) is 2.16. The Hall–Kier alpha value is -0.880. The maximum atomic E-state index is 10.9. The molecule has 0 aromatic carbocycles. The number of halogens is 1. The van der Waals surface area contributed by atoms with E-state index in [2.05, 4.69) is 21.2 Å². The van der Waals surface area contributed by atoms with Crippen molar-refractivity contribution in [2.75, 3.05) is 0 Å². The Labute approximate surface area is 99.4 Å². The fourth-order valence-electron chi connectivity index (χ4n) is 1.16. The van der Waals surface area contributed by atoms with Gasteiger partial charge in [0.25, 0.3) is 0 Å². The third kappa shape index (κ3) is 4.01. The smallest absolute Gasteiger partial charge is 0.305 e. The molecule has 0 fully saturated rings. The molecule has 0 bridgehead atoms. The molecule has 1 aromatic heterocycles. The predicted molar refractivity (Wildman–Crippen MR) is 60.8 cm³/mol. The molecule has 0 saturated carbocycles. The van der Waals surface area contributed by atoms with Gasteiger partial charge in [0.1, 0.15) is 0 Å². The van der Waals surface area contributed by atoms with E-state index in [0.29, 0.717) is 0 Å². The summed E-state index contributed by atoms with van der Waals surface area (Å²) < 4.78 is 0.915. The summed E-state index contributed by atoms with van der Waals surface area (Å²) in [7, 11) is 0. The largest absolute Gasteiger partial charge is 0.481 e. The zero-order chi connectivity index (χ0) is 11.4. The van der Waals surface area contributed by atoms with Crippen molar-refractivity contribution in [3.05, 3.63) is 20.8 Å². The number of carboxylic acid groups (broad SMARTS) is 1. The number of thiophene rings is 1. The molecule has 0 spiro atoms. The molecule has 0 saturated heterocycles. The van der Waals surface area contributed by atoms with Gasteiger partial charge in [0.2, 0.25) is 5.91 Å². The lowest BCUT2D eigenvalue weighted by molar-refractivity contribution is -0.137. The van der Waals surface area contributed by atoms with Gasteiger partial charge in [-0.1, -0.05) is 0 Å². The van der Waals surface area contributed by atoms with Crippen LogP contribution in [0.25, 0.3) is 0 Å². The van der Waals surface area contributed by atoms with E-state index in [-0.39, 0.29) is 12.3 Å². The third-order valence-electron chi connectivity index (χ3n) is 1.69. The number of amides is 1. The number of rotatable bonds is 4. The van der Waals surface area contributed by atoms with Crippen LogP contribution < -0.4 is 5.32 Å². The van der Waals surface area contributed by atoms with Crippen LogP contribution in [0.1, 0.15) is 24.3 Å². The van der Waals surface area contributed by atoms with Gasteiger partial charge in [0.15, 0.2) is 0 Å². The fraction of sp³-hybridized carbons (Fsp3) is 0.333. The summed E-state index contributed by atoms with van der Waals surface area (Å²) in [5.74, 6) is -1.16. The normalized spacial score (nSPS) is 12.1. The first-order valence-electron chi connectivity index (χ1n) is 4.23. The van der Waals surface area contributed by atoms with Gasteiger partial charge in [-0.25, -0.2) is 0 Å². The van der Waals surface area contributed by atoms with Crippen molar-refractivity contribution in [2.24, 2.45) is 0 Å². The Bertz CT molecular complexity index is 361. The van der Waals surface area contributed by atoms with Crippen LogP contribution in [-0.4, -0.2) is 17.0 Å². The molecule has 0 radical (unpaired) electrons. The monoisotopic (exact) mass is 291 g/mol. The molecule has 6 heteroatoms. The number of nitrogens with one attached hydrogen (secondary N) is 1. The topological polar surface area (TPSA) is 66.4 Å². The van der Waals surface area contributed by atoms with Crippen LogP contribution in [0.15, 0.2) is 15.9 Å². The second kappa shape index (κ2) is 5.27. The molecule has 0 aliphatic heterocycles. The average molecular weight is 292 g/mol. The summed E-state index contributed by atoms with van der Waals surface area (Å²) in [6.45, 7) is 1.37. The number of hydrogen-bond acceptors (Lipinski definition) is 3. The van der Waals surface area contributed by atoms with Crippen LogP contribution in [0.3, 0.4) is 0 Å². The Morgan fingerprint density at radius 2 is 2.27 bits per heavy atom. The number of hydrogen-bond donors (Lipinski definition) is 2. The minimum absolute atomic E-state index is 0.105. The Morgan fingerprint density at radius 1 is 1.60 bits per heavy atom. The number of carbonyl (C=O) groups excluding carboxylic acids is 1. The molecule has 1 atom stereocenters. The van der Waals surface area contributed by atoms with E-state index < -0.39 is 12.0 Å². The van der Waals surface area contributed by atoms with E-state index in [0.717, 1.165) is 8.66 Å². The lowest BCUT2D eigenvalue weighted by Gasteiger charge is -2.13. The number of aliphatic carboxylic acids is 1. The summed E-state index contributed by atoms with van der Waals surface area (Å²) >= 11 is 4.71. The highest BCUT2D eigenvalue weighted by Crippen LogP contribution is 2.28. The van der Waals surface area contributed by atoms with Crippen molar-refractivity contribution < 1.29 is 14.7 Å². The van der Waals surface area contributed by atoms with Gasteiger partial charge >= 0.3 is 5.97 Å². The van der Waals surface area contributed by atoms with Gasteiger partial charge < -0.3 is 10.4 Å². The van der Waals surface area contributed by atoms with Crippen molar-refractivity contribution in [3.8, 4) is 0 Å². The van der Waals surface area contributed by atoms with Crippen LogP contribution in [0.4, 0.5) is 0 Å². The van der Waals surface area contributed by atoms with Gasteiger partial charge in [-0.2, -0.15) is 0 Å². The molecule has 15 heavy (non-hydrogen) atoms. The Balaban J connectivity index is 2.80. The summed E-state index contributed by atoms with van der Waals surface area (Å²) in [6.07, 6.45) is -0.105. The lowest BCUT2D eigenvalue weighted by atomic mass is 10.1. The van der Waals surface area contributed by atoms with Crippen LogP contribution >= 0.6 is 27.3 Å². The third-order valence-corrected chi connectivity index (χ3v) is 3.43. The lowest BCUT2D eigenvalue weighted by Crippen LogP contribution is -2.27. The molecule has 1 amide bonds. The molecular formula is C9H10BrNO3S. The number of carboxylic acids is 1. The summed E-state index contributed by atoms with van der Waals surface area (Å²) in [6, 6.07) is 3.19. The van der Waals surface area contributed by atoms with E-state index in [4.69, 9.17) is 5.11 Å². The minimum Gasteiger partial charge on any atom is -0.481 e. The summed E-state index contributed by atoms with van der Waals surface area (Å²) in [4.78, 5) is 22.4. The molecule has 0 aliphatic rings. The van der Waals surface area contributed by atoms with Crippen LogP contribution in [0, 0.1) is 0 Å². The zero-order valence-corrected chi connectivity index (χ0v) is 10.4. The van der Waals surface area contributed by atoms with Crippen molar-refractivity contribution in [2.45, 2.75) is 19.4 Å². The van der Waals surface area contributed by atoms with Crippen LogP contribution in [-0.2, 0) is 9.59 Å². The van der Waals surface area contributed by atoms with E-state index in [1.807, 2.05) is 6.07 Å². The first-order valence-corrected chi connectivity index (χ1v) is 5.84. The molecule has 4 nitrogen and oxygen atoms in total. The van der Waals surface area contributed by atoms with Gasteiger partial charge in [-0.3, -0.25) is 9.59 Å². The van der Waals surface area contributed by atoms with Gasteiger partial charge in [-0.05, 0) is 28.1 Å². The van der Waals surface area contributed by atoms with E-state index >= 15 is 0 Å². The molecule has 1 rings (SSSR count). The van der Waals surface area contributed by atoms with Crippen LogP contribution in [0.5, 0.6) is 0 Å². The SMILES string of the molecule is CC(=O)NC(CC(=O)O)c1ccc(Br)s1. The van der Waals surface area contributed by atoms with E-state index in [9.17, 15) is 9.59 Å². The van der Waals surface area contributed by atoms with E-state index in [1.54, 1.807) is 6.07 Å². The summed E-state index contributed by atoms with van der Waals surface area (Å²) in [5, 5.41) is 11.3. The van der Waals surface area contributed by atoms with E-state index in [1.165, 1.54) is 18.3 Å². The molecule has 82 valence electrons. The molecule has 1 unspecified atom stereocenters. The number of carbonyl (C=O) groups is 2. The second-order valence-corrected chi connectivity index (χ2v) is 5.49. The highest BCUT2D eigenvalue weighted by atomic mass is 79.9. The Morgan fingerprint density at radius 3 is 2.67 bits per heavy atom. The molecule has 1 aromatic rings. The molecule has 2 N–H and O–H groups in total. The average Bonchev–Trinajstić information content (AvgIpc) is 2.48. The Kier molecular flexibility index (Phi) is 4.28. The fourth-order valence-corrected chi connectivity index (χ4v) is 2.63. The van der Waals surface area contributed by atoms with Gasteiger partial charge in [0, 0.05) is 11.8 Å². The standard InChI is InChI=1S/C9H10BrNO3S/c1-5(12)11-6(4-9(13)14)7-2-3-8(10)15-7/h2-3,6H,4H2,1H3,(H,11,12)(H,13,14). The molecular weight excluding hydrogens is 282 g/mol. The van der Waals surface area contributed by atoms with Crippen LogP contribution in [0.2, 0.25) is 0 Å². The quantitative estimate of drug-likeness (QED) is 0.893. The van der Waals surface area contributed by atoms with Gasteiger partial charge in [0.05, 0.1) is 16.2 Å². The molecule has 1 heterocycles.